The first-order valence-electron chi connectivity index (χ1n) is 23.3. The number of aromatic hydroxyl groups is 3. The van der Waals surface area contributed by atoms with Gasteiger partial charge in [-0.15, -0.1) is 0 Å². The number of phenols is 3. The lowest BCUT2D eigenvalue weighted by atomic mass is 9.36. The maximum absolute atomic E-state index is 13.6. The van der Waals surface area contributed by atoms with Crippen LogP contribution in [0.15, 0.2) is 42.0 Å². The lowest BCUT2D eigenvalue weighted by Gasteiger charge is -2.69. The molecule has 0 aromatic heterocycles. The highest BCUT2D eigenvalue weighted by molar-refractivity contribution is 6.05. The van der Waals surface area contributed by atoms with Gasteiger partial charge in [0.05, 0.1) is 18.9 Å². The molecule has 63 heavy (non-hydrogen) atoms. The van der Waals surface area contributed by atoms with Crippen molar-refractivity contribution in [2.24, 2.45) is 49.7 Å². The maximum Gasteiger partial charge on any atom is 0.311 e. The van der Waals surface area contributed by atoms with E-state index in [-0.39, 0.29) is 91.0 Å². The van der Waals surface area contributed by atoms with Crippen LogP contribution >= 0.6 is 0 Å². The van der Waals surface area contributed by atoms with E-state index < -0.39 is 35.7 Å². The van der Waals surface area contributed by atoms with Crippen LogP contribution in [0.25, 0.3) is 0 Å². The summed E-state index contributed by atoms with van der Waals surface area (Å²) in [6.07, 6.45) is 9.94. The molecule has 11 heteroatoms. The third-order valence-corrected chi connectivity index (χ3v) is 19.4. The zero-order valence-corrected chi connectivity index (χ0v) is 39.1. The van der Waals surface area contributed by atoms with Crippen molar-refractivity contribution in [1.29, 1.82) is 0 Å². The Morgan fingerprint density at radius 3 is 2.17 bits per heavy atom. The summed E-state index contributed by atoms with van der Waals surface area (Å²) in [5.41, 5.74) is 1.63. The molecule has 4 saturated carbocycles. The van der Waals surface area contributed by atoms with Crippen LogP contribution < -0.4 is 9.47 Å². The molecule has 0 bridgehead atoms. The smallest absolute Gasteiger partial charge is 0.311 e. The summed E-state index contributed by atoms with van der Waals surface area (Å²) in [5.74, 6) is -2.46. The van der Waals surface area contributed by atoms with Crippen LogP contribution in [0.5, 0.6) is 28.7 Å². The lowest BCUT2D eigenvalue weighted by Crippen LogP contribution is -2.64. The van der Waals surface area contributed by atoms with Gasteiger partial charge < -0.3 is 39.4 Å². The van der Waals surface area contributed by atoms with Crippen molar-refractivity contribution in [1.82, 2.24) is 0 Å². The van der Waals surface area contributed by atoms with E-state index in [1.165, 1.54) is 43.9 Å². The van der Waals surface area contributed by atoms with E-state index in [0.29, 0.717) is 17.9 Å². The Balaban J connectivity index is 0.931. The van der Waals surface area contributed by atoms with Crippen molar-refractivity contribution in [3.63, 3.8) is 0 Å². The molecule has 4 unspecified atom stereocenters. The summed E-state index contributed by atoms with van der Waals surface area (Å²) in [6, 6.07) is 6.01. The average Bonchev–Trinajstić information content (AvgIpc) is 3.32. The molecule has 0 spiro atoms. The van der Waals surface area contributed by atoms with Crippen molar-refractivity contribution in [3.8, 4) is 28.7 Å². The Labute approximate surface area is 372 Å². The van der Waals surface area contributed by atoms with Crippen LogP contribution in [-0.4, -0.2) is 63.6 Å². The fourth-order valence-corrected chi connectivity index (χ4v) is 15.2. The molecule has 2 aromatic carbocycles. The van der Waals surface area contributed by atoms with Gasteiger partial charge in [0.1, 0.15) is 28.9 Å². The molecule has 0 amide bonds. The number of aliphatic hydroxyl groups is 1. The first kappa shape index (κ1) is 45.5. The molecular formula is C52H70O11. The fraction of sp³-hybridized carbons (Fsp3) is 0.673. The van der Waals surface area contributed by atoms with Gasteiger partial charge in [0.25, 0.3) is 0 Å². The number of ketones is 1. The summed E-state index contributed by atoms with van der Waals surface area (Å²) in [7, 11) is 1.89. The molecule has 6 aliphatic rings. The predicted octanol–water partition coefficient (Wildman–Crippen LogP) is 10.3. The Morgan fingerprint density at radius 2 is 1.46 bits per heavy atom. The molecule has 8 rings (SSSR count). The largest absolute Gasteiger partial charge is 0.508 e. The molecule has 11 atom stereocenters. The zero-order chi connectivity index (χ0) is 45.9. The third kappa shape index (κ3) is 6.74. The first-order chi connectivity index (χ1) is 29.4. The highest BCUT2D eigenvalue weighted by atomic mass is 16.6. The lowest BCUT2D eigenvalue weighted by molar-refractivity contribution is -0.216. The Hall–Kier alpha value is -4.09. The number of fused-ring (bicyclic) bond motifs is 7. The van der Waals surface area contributed by atoms with Crippen molar-refractivity contribution >= 4 is 17.7 Å². The molecule has 11 nitrogen and oxygen atoms in total. The van der Waals surface area contributed by atoms with Gasteiger partial charge in [-0.1, -0.05) is 80.0 Å². The molecular weight excluding hydrogens is 801 g/mol. The number of aliphatic hydroxyl groups excluding tert-OH is 1. The number of hydrogen-bond acceptors (Lipinski definition) is 11. The van der Waals surface area contributed by atoms with E-state index in [0.717, 1.165) is 50.7 Å². The summed E-state index contributed by atoms with van der Waals surface area (Å²) >= 11 is 0. The molecule has 1 aliphatic heterocycles. The number of allylic oxidation sites excluding steroid dienone is 2. The molecule has 1 heterocycles. The number of Topliss-reactive ketones (excluding diaryl/α,β-unsaturated/α-hetero) is 1. The fourth-order valence-electron chi connectivity index (χ4n) is 15.2. The molecule has 2 aromatic rings. The van der Waals surface area contributed by atoms with Crippen molar-refractivity contribution in [2.45, 2.75) is 164 Å². The van der Waals surface area contributed by atoms with E-state index in [1.54, 1.807) is 5.57 Å². The maximum atomic E-state index is 13.6. The quantitative estimate of drug-likeness (QED) is 0.119. The SMILES string of the molecule is CO[C@@H]1CC[C@@]2(C)C(CC[C@@]3(C)CC4=CC[C@@]5(C)C(C)(C)[C@H](OC(=O)CCC(=O)Oc6cc(C7Oc8cc(O)cc(O)c8C(=O)C7O)ccc6O)CC[C@]5(C)[C@@]4(C)CCC32)C1(C)C. The molecule has 4 N–H and O–H groups in total. The number of rotatable bonds is 7. The van der Waals surface area contributed by atoms with Crippen molar-refractivity contribution in [3.05, 3.63) is 53.1 Å². The van der Waals surface area contributed by atoms with Gasteiger partial charge in [-0.05, 0) is 126 Å². The number of phenolic OH excluding ortho intramolecular Hbond substituents is 3. The second-order valence-electron chi connectivity index (χ2n) is 22.7. The van der Waals surface area contributed by atoms with E-state index >= 15 is 0 Å². The summed E-state index contributed by atoms with van der Waals surface area (Å²) < 4.78 is 23.7. The summed E-state index contributed by atoms with van der Waals surface area (Å²) in [5, 5.41) is 41.5. The topological polar surface area (TPSA) is 169 Å². The number of carbonyl (C=O) groups is 3. The number of hydrogen-bond donors (Lipinski definition) is 4. The highest BCUT2D eigenvalue weighted by Crippen LogP contribution is 2.76. The van der Waals surface area contributed by atoms with E-state index in [2.05, 4.69) is 68.4 Å². The normalized spacial score (nSPS) is 38.8. The van der Waals surface area contributed by atoms with E-state index in [4.69, 9.17) is 18.9 Å². The molecule has 4 fully saturated rings. The second kappa shape index (κ2) is 15.2. The molecule has 5 aliphatic carbocycles. The minimum absolute atomic E-state index is 0.00251. The zero-order valence-electron chi connectivity index (χ0n) is 39.1. The van der Waals surface area contributed by atoms with Gasteiger partial charge in [0.2, 0.25) is 5.78 Å². The number of benzene rings is 2. The van der Waals surface area contributed by atoms with Crippen LogP contribution in [0.4, 0.5) is 0 Å². The Kier molecular flexibility index (Phi) is 11.0. The van der Waals surface area contributed by atoms with E-state index in [9.17, 15) is 34.8 Å². The van der Waals surface area contributed by atoms with Gasteiger partial charge in [0, 0.05) is 24.7 Å². The van der Waals surface area contributed by atoms with Crippen LogP contribution in [0.1, 0.15) is 161 Å². The van der Waals surface area contributed by atoms with Crippen LogP contribution in [0.2, 0.25) is 0 Å². The first-order valence-corrected chi connectivity index (χ1v) is 23.3. The average molecular weight is 871 g/mol. The summed E-state index contributed by atoms with van der Waals surface area (Å²) in [6.45, 7) is 22.2. The standard InChI is InChI=1S/C52H70O11/c1-46(2)36-16-20-48(5)28-30-15-23-51(8)47(3,4)39(19-24-52(51,9)50(30,7)22-17-37(48)49(36,6)21-18-38(46)60-10)63-41(57)14-13-40(56)61-34-25-29(11-12-32(34)54)45-44(59)43(58)42-33(55)26-31(53)27-35(42)62-45/h11-12,15,25-27,36-39,44-45,53-55,59H,13-14,16-24,28H2,1-10H3/t36?,37?,38-,39-,44?,45?,48+,49+,50+,51+,52-/m1/s1. The van der Waals surface area contributed by atoms with Crippen molar-refractivity contribution < 1.29 is 53.8 Å². The third-order valence-electron chi connectivity index (χ3n) is 19.4. The number of ether oxygens (including phenoxy) is 4. The van der Waals surface area contributed by atoms with Crippen LogP contribution in [-0.2, 0) is 19.1 Å². The Morgan fingerprint density at radius 1 is 0.778 bits per heavy atom. The van der Waals surface area contributed by atoms with Gasteiger partial charge in [0.15, 0.2) is 23.7 Å². The van der Waals surface area contributed by atoms with Gasteiger partial charge >= 0.3 is 11.9 Å². The summed E-state index contributed by atoms with van der Waals surface area (Å²) in [4.78, 5) is 39.7. The highest BCUT2D eigenvalue weighted by Gasteiger charge is 2.70. The molecule has 344 valence electrons. The number of esters is 2. The predicted molar refractivity (Wildman–Crippen MR) is 236 cm³/mol. The number of methoxy groups -OCH3 is 1. The molecule has 0 radical (unpaired) electrons. The second-order valence-corrected chi connectivity index (χ2v) is 22.7. The molecule has 0 saturated heterocycles. The monoisotopic (exact) mass is 870 g/mol. The minimum Gasteiger partial charge on any atom is -0.508 e. The van der Waals surface area contributed by atoms with Gasteiger partial charge in [-0.25, -0.2) is 0 Å². The van der Waals surface area contributed by atoms with E-state index in [1.807, 2.05) is 7.11 Å². The van der Waals surface area contributed by atoms with Crippen LogP contribution in [0, 0.1) is 49.7 Å². The van der Waals surface area contributed by atoms with Crippen molar-refractivity contribution in [2.75, 3.05) is 7.11 Å². The minimum atomic E-state index is -1.74. The van der Waals surface area contributed by atoms with Gasteiger partial charge in [-0.2, -0.15) is 0 Å². The van der Waals surface area contributed by atoms with Crippen LogP contribution in [0.3, 0.4) is 0 Å². The Bertz CT molecular complexity index is 2230. The van der Waals surface area contributed by atoms with Gasteiger partial charge in [-0.3, -0.25) is 14.4 Å². The number of carbonyl (C=O) groups excluding carboxylic acids is 3.